The topological polar surface area (TPSA) is 66.5 Å². The van der Waals surface area contributed by atoms with Crippen LogP contribution in [-0.2, 0) is 12.8 Å². The van der Waals surface area contributed by atoms with E-state index in [1.54, 1.807) is 0 Å². The number of aliphatic hydroxyl groups excluding tert-OH is 2. The minimum atomic E-state index is -0.916. The number of benzene rings is 1. The molecule has 2 rings (SSSR count). The minimum Gasteiger partial charge on any atom is -0.394 e. The summed E-state index contributed by atoms with van der Waals surface area (Å²) in [6, 6.07) is 6.81. The minimum absolute atomic E-state index is 0.177. The number of hydrogen-bond donors (Lipinski definition) is 3. The van der Waals surface area contributed by atoms with Gasteiger partial charge in [-0.25, -0.2) is 0 Å². The summed E-state index contributed by atoms with van der Waals surface area (Å²) in [6.45, 7) is 1.86. The van der Waals surface area contributed by atoms with Crippen LogP contribution in [0.4, 0.5) is 0 Å². The molecule has 1 aliphatic carbocycles. The van der Waals surface area contributed by atoms with E-state index in [0.717, 1.165) is 12.8 Å². The van der Waals surface area contributed by atoms with Gasteiger partial charge in [0.05, 0.1) is 18.8 Å². The molecule has 1 aliphatic rings. The van der Waals surface area contributed by atoms with E-state index in [4.69, 9.17) is 5.73 Å². The van der Waals surface area contributed by atoms with Crippen LogP contribution in [0.5, 0.6) is 0 Å². The van der Waals surface area contributed by atoms with E-state index in [1.165, 1.54) is 55.2 Å². The van der Waals surface area contributed by atoms with Crippen molar-refractivity contribution in [3.8, 4) is 0 Å². The van der Waals surface area contributed by atoms with Crippen LogP contribution in [0.1, 0.15) is 74.5 Å². The molecule has 0 aromatic heterocycles. The highest BCUT2D eigenvalue weighted by Crippen LogP contribution is 2.33. The Kier molecular flexibility index (Phi) is 8.14. The van der Waals surface area contributed by atoms with Crippen molar-refractivity contribution in [3.05, 3.63) is 47.0 Å². The maximum atomic E-state index is 9.47. The Balaban J connectivity index is 1.94. The highest BCUT2D eigenvalue weighted by molar-refractivity contribution is 5.41. The second-order valence-corrected chi connectivity index (χ2v) is 7.67. The number of nitrogens with two attached hydrogens (primary N) is 1. The van der Waals surface area contributed by atoms with Crippen molar-refractivity contribution in [3.63, 3.8) is 0 Å². The molecule has 3 heteroatoms. The van der Waals surface area contributed by atoms with E-state index in [2.05, 4.69) is 37.3 Å². The predicted molar refractivity (Wildman–Crippen MR) is 105 cm³/mol. The lowest BCUT2D eigenvalue weighted by Gasteiger charge is -2.31. The van der Waals surface area contributed by atoms with Gasteiger partial charge < -0.3 is 15.9 Å². The van der Waals surface area contributed by atoms with Crippen LogP contribution in [0.15, 0.2) is 30.4 Å². The van der Waals surface area contributed by atoms with Crippen LogP contribution < -0.4 is 5.73 Å². The van der Waals surface area contributed by atoms with Gasteiger partial charge in [-0.1, -0.05) is 69.4 Å². The smallest absolute Gasteiger partial charge is 0.0634 e. The second kappa shape index (κ2) is 10.1. The molecule has 0 saturated carbocycles. The molecule has 1 atom stereocenters. The fourth-order valence-corrected chi connectivity index (χ4v) is 3.72. The van der Waals surface area contributed by atoms with Crippen LogP contribution >= 0.6 is 0 Å². The van der Waals surface area contributed by atoms with Gasteiger partial charge in [0, 0.05) is 5.92 Å². The van der Waals surface area contributed by atoms with Crippen molar-refractivity contribution in [1.29, 1.82) is 0 Å². The SMILES string of the molecule is CCCCCCCCc1ccc2c(c1)CC=CC2CC(N)(CO)CO. The van der Waals surface area contributed by atoms with E-state index in [-0.39, 0.29) is 19.1 Å². The molecule has 0 heterocycles. The summed E-state index contributed by atoms with van der Waals surface area (Å²) < 4.78 is 0. The van der Waals surface area contributed by atoms with E-state index in [9.17, 15) is 10.2 Å². The molecule has 140 valence electrons. The number of unbranched alkanes of at least 4 members (excludes halogenated alkanes) is 5. The first kappa shape index (κ1) is 20.2. The average molecular weight is 346 g/mol. The molecule has 0 aliphatic heterocycles. The zero-order valence-corrected chi connectivity index (χ0v) is 15.7. The first-order valence-corrected chi connectivity index (χ1v) is 9.91. The van der Waals surface area contributed by atoms with Crippen molar-refractivity contribution >= 4 is 0 Å². The molecule has 0 bridgehead atoms. The molecule has 3 nitrogen and oxygen atoms in total. The number of aryl methyl sites for hydroxylation is 1. The molecule has 0 fully saturated rings. The summed E-state index contributed by atoms with van der Waals surface area (Å²) in [5.74, 6) is 0.177. The van der Waals surface area contributed by atoms with Crippen LogP contribution in [0, 0.1) is 0 Å². The van der Waals surface area contributed by atoms with Crippen LogP contribution in [0.3, 0.4) is 0 Å². The maximum Gasteiger partial charge on any atom is 0.0634 e. The summed E-state index contributed by atoms with van der Waals surface area (Å²) in [5.41, 5.74) is 9.27. The molecule has 0 radical (unpaired) electrons. The lowest BCUT2D eigenvalue weighted by molar-refractivity contribution is 0.111. The molecule has 25 heavy (non-hydrogen) atoms. The van der Waals surface area contributed by atoms with E-state index in [1.807, 2.05) is 0 Å². The fraction of sp³-hybridized carbons (Fsp3) is 0.636. The zero-order valence-electron chi connectivity index (χ0n) is 15.7. The number of hydrogen-bond acceptors (Lipinski definition) is 3. The monoisotopic (exact) mass is 345 g/mol. The van der Waals surface area contributed by atoms with Gasteiger partial charge in [-0.05, 0) is 42.4 Å². The summed E-state index contributed by atoms with van der Waals surface area (Å²) in [6.07, 6.45) is 15.0. The molecule has 1 unspecified atom stereocenters. The lowest BCUT2D eigenvalue weighted by atomic mass is 9.79. The number of allylic oxidation sites excluding steroid dienone is 2. The van der Waals surface area contributed by atoms with Gasteiger partial charge in [-0.3, -0.25) is 0 Å². The number of rotatable bonds is 11. The third-order valence-electron chi connectivity index (χ3n) is 5.39. The first-order valence-electron chi connectivity index (χ1n) is 9.91. The normalized spacial score (nSPS) is 16.9. The quantitative estimate of drug-likeness (QED) is 0.421. The average Bonchev–Trinajstić information content (AvgIpc) is 2.64. The van der Waals surface area contributed by atoms with Crippen molar-refractivity contribution in [2.75, 3.05) is 13.2 Å². The van der Waals surface area contributed by atoms with Gasteiger partial charge in [0.15, 0.2) is 0 Å². The third kappa shape index (κ3) is 5.95. The molecule has 0 amide bonds. The lowest BCUT2D eigenvalue weighted by Crippen LogP contribution is -2.48. The highest BCUT2D eigenvalue weighted by atomic mass is 16.3. The van der Waals surface area contributed by atoms with Crippen molar-refractivity contribution < 1.29 is 10.2 Å². The molecular formula is C22H35NO2. The predicted octanol–water partition coefficient (Wildman–Crippen LogP) is 3.86. The van der Waals surface area contributed by atoms with Gasteiger partial charge in [0.25, 0.3) is 0 Å². The van der Waals surface area contributed by atoms with Gasteiger partial charge in [-0.2, -0.15) is 0 Å². The summed E-state index contributed by atoms with van der Waals surface area (Å²) in [4.78, 5) is 0. The Morgan fingerprint density at radius 2 is 1.80 bits per heavy atom. The van der Waals surface area contributed by atoms with Crippen LogP contribution in [-0.4, -0.2) is 29.0 Å². The van der Waals surface area contributed by atoms with Gasteiger partial charge in [0.2, 0.25) is 0 Å². The Labute approximate surface area is 153 Å². The zero-order chi connectivity index (χ0) is 18.1. The van der Waals surface area contributed by atoms with Gasteiger partial charge >= 0.3 is 0 Å². The Morgan fingerprint density at radius 1 is 1.08 bits per heavy atom. The molecule has 1 aromatic carbocycles. The number of aliphatic hydroxyl groups is 2. The molecule has 0 spiro atoms. The van der Waals surface area contributed by atoms with Gasteiger partial charge in [-0.15, -0.1) is 0 Å². The molecule has 1 aromatic rings. The summed E-state index contributed by atoms with van der Waals surface area (Å²) in [5, 5.41) is 18.9. The van der Waals surface area contributed by atoms with Crippen molar-refractivity contribution in [2.24, 2.45) is 5.73 Å². The highest BCUT2D eigenvalue weighted by Gasteiger charge is 2.29. The van der Waals surface area contributed by atoms with E-state index >= 15 is 0 Å². The Morgan fingerprint density at radius 3 is 2.52 bits per heavy atom. The van der Waals surface area contributed by atoms with Crippen molar-refractivity contribution in [2.45, 2.75) is 76.2 Å². The molecule has 0 saturated heterocycles. The standard InChI is InChI=1S/C22H35NO2/c1-2-3-4-5-6-7-9-18-12-13-21-19(14-18)10-8-11-20(21)15-22(23,16-24)17-25/h8,11-14,20,24-25H,2-7,9-10,15-17,23H2,1H3. The van der Waals surface area contributed by atoms with Gasteiger partial charge in [0.1, 0.15) is 0 Å². The molecular weight excluding hydrogens is 310 g/mol. The van der Waals surface area contributed by atoms with Crippen LogP contribution in [0.25, 0.3) is 0 Å². The summed E-state index contributed by atoms with van der Waals surface area (Å²) >= 11 is 0. The van der Waals surface area contributed by atoms with Crippen LogP contribution in [0.2, 0.25) is 0 Å². The Hall–Kier alpha value is -1.16. The largest absolute Gasteiger partial charge is 0.394 e. The second-order valence-electron chi connectivity index (χ2n) is 7.67. The number of fused-ring (bicyclic) bond motifs is 1. The van der Waals surface area contributed by atoms with E-state index < -0.39 is 5.54 Å². The maximum absolute atomic E-state index is 9.47. The molecule has 4 N–H and O–H groups in total. The summed E-state index contributed by atoms with van der Waals surface area (Å²) in [7, 11) is 0. The fourth-order valence-electron chi connectivity index (χ4n) is 3.72. The van der Waals surface area contributed by atoms with E-state index in [0.29, 0.717) is 6.42 Å². The Bertz CT molecular complexity index is 549. The third-order valence-corrected chi connectivity index (χ3v) is 5.39. The van der Waals surface area contributed by atoms with Crippen molar-refractivity contribution in [1.82, 2.24) is 0 Å². The first-order chi connectivity index (χ1) is 12.1.